The van der Waals surface area contributed by atoms with E-state index in [-0.39, 0.29) is 28.7 Å². The number of hydrogen-bond acceptors (Lipinski definition) is 6. The third-order valence-electron chi connectivity index (χ3n) is 4.92. The van der Waals surface area contributed by atoms with E-state index in [0.29, 0.717) is 18.0 Å². The Labute approximate surface area is 177 Å². The number of amides is 2. The van der Waals surface area contributed by atoms with Crippen molar-refractivity contribution in [2.75, 3.05) is 18.9 Å². The highest BCUT2D eigenvalue weighted by Crippen LogP contribution is 2.23. The lowest BCUT2D eigenvalue weighted by Crippen LogP contribution is -2.29. The van der Waals surface area contributed by atoms with E-state index in [9.17, 15) is 14.7 Å². The molecule has 0 aliphatic rings. The van der Waals surface area contributed by atoms with Gasteiger partial charge in [-0.05, 0) is 25.1 Å². The van der Waals surface area contributed by atoms with Crippen molar-refractivity contribution in [1.29, 1.82) is 0 Å². The van der Waals surface area contributed by atoms with Crippen molar-refractivity contribution in [2.45, 2.75) is 6.92 Å². The number of hydrogen-bond donors (Lipinski definition) is 2. The van der Waals surface area contributed by atoms with E-state index in [2.05, 4.69) is 20.4 Å². The minimum absolute atomic E-state index is 0.144. The van der Waals surface area contributed by atoms with E-state index >= 15 is 0 Å². The van der Waals surface area contributed by atoms with Crippen LogP contribution in [0.15, 0.2) is 48.9 Å². The number of rotatable bonds is 5. The van der Waals surface area contributed by atoms with E-state index in [1.807, 2.05) is 13.0 Å². The summed E-state index contributed by atoms with van der Waals surface area (Å²) in [6, 6.07) is 8.39. The summed E-state index contributed by atoms with van der Waals surface area (Å²) < 4.78 is 3.07. The maximum Gasteiger partial charge on any atom is 0.275 e. The second-order valence-corrected chi connectivity index (χ2v) is 7.00. The van der Waals surface area contributed by atoms with Gasteiger partial charge < -0.3 is 15.3 Å². The van der Waals surface area contributed by atoms with Gasteiger partial charge in [0.25, 0.3) is 11.8 Å². The molecule has 31 heavy (non-hydrogen) atoms. The minimum atomic E-state index is -0.496. The summed E-state index contributed by atoms with van der Waals surface area (Å²) in [6.45, 7) is 2.36. The summed E-state index contributed by atoms with van der Waals surface area (Å²) >= 11 is 0. The first-order valence-electron chi connectivity index (χ1n) is 9.61. The SMILES string of the molecule is CCN(C)C(=O)c1cnn(C)c1C(=O)Nc1ccn2cc(-c3cccc(O)c3)nc2n1. The van der Waals surface area contributed by atoms with Crippen LogP contribution in [-0.4, -0.2) is 59.6 Å². The lowest BCUT2D eigenvalue weighted by Gasteiger charge is -2.14. The highest BCUT2D eigenvalue weighted by Gasteiger charge is 2.24. The number of carbonyl (C=O) groups excluding carboxylic acids is 2. The molecule has 0 radical (unpaired) electrons. The number of carbonyl (C=O) groups is 2. The van der Waals surface area contributed by atoms with Gasteiger partial charge in [-0.25, -0.2) is 4.98 Å². The zero-order chi connectivity index (χ0) is 22.1. The van der Waals surface area contributed by atoms with Gasteiger partial charge >= 0.3 is 0 Å². The molecule has 2 amide bonds. The summed E-state index contributed by atoms with van der Waals surface area (Å²) in [5, 5.41) is 16.5. The molecule has 10 nitrogen and oxygen atoms in total. The number of phenolic OH excluding ortho intramolecular Hbond substituents is 1. The number of benzene rings is 1. The van der Waals surface area contributed by atoms with Gasteiger partial charge in [0.1, 0.15) is 17.3 Å². The van der Waals surface area contributed by atoms with Crippen LogP contribution in [0, 0.1) is 0 Å². The van der Waals surface area contributed by atoms with Crippen LogP contribution in [0.5, 0.6) is 5.75 Å². The second kappa shape index (κ2) is 7.90. The molecule has 0 spiro atoms. The number of nitrogens with one attached hydrogen (secondary N) is 1. The third-order valence-corrected chi connectivity index (χ3v) is 4.92. The normalized spacial score (nSPS) is 10.9. The smallest absolute Gasteiger partial charge is 0.275 e. The number of imidazole rings is 1. The predicted molar refractivity (Wildman–Crippen MR) is 114 cm³/mol. The quantitative estimate of drug-likeness (QED) is 0.512. The number of anilines is 1. The van der Waals surface area contributed by atoms with Crippen molar-refractivity contribution in [3.63, 3.8) is 0 Å². The summed E-state index contributed by atoms with van der Waals surface area (Å²) in [7, 11) is 3.26. The second-order valence-electron chi connectivity index (χ2n) is 7.00. The van der Waals surface area contributed by atoms with E-state index in [0.717, 1.165) is 5.56 Å². The van der Waals surface area contributed by atoms with Crippen LogP contribution in [0.3, 0.4) is 0 Å². The van der Waals surface area contributed by atoms with Crippen molar-refractivity contribution in [1.82, 2.24) is 29.0 Å². The molecule has 3 heterocycles. The highest BCUT2D eigenvalue weighted by atomic mass is 16.3. The molecule has 0 unspecified atom stereocenters. The molecular weight excluding hydrogens is 398 g/mol. The first kappa shape index (κ1) is 20.1. The van der Waals surface area contributed by atoms with Crippen LogP contribution in [0.2, 0.25) is 0 Å². The topological polar surface area (TPSA) is 118 Å². The Kier molecular flexibility index (Phi) is 5.12. The molecule has 0 saturated heterocycles. The Morgan fingerprint density at radius 1 is 1.23 bits per heavy atom. The maximum absolute atomic E-state index is 12.9. The van der Waals surface area contributed by atoms with Gasteiger partial charge in [0.05, 0.1) is 17.5 Å². The molecule has 2 N–H and O–H groups in total. The van der Waals surface area contributed by atoms with Crippen LogP contribution in [0.25, 0.3) is 17.0 Å². The third kappa shape index (κ3) is 3.82. The molecule has 4 aromatic rings. The molecule has 3 aromatic heterocycles. The monoisotopic (exact) mass is 419 g/mol. The average Bonchev–Trinajstić information content (AvgIpc) is 3.35. The summed E-state index contributed by atoms with van der Waals surface area (Å²) in [6.07, 6.45) is 4.88. The van der Waals surface area contributed by atoms with Crippen molar-refractivity contribution in [3.05, 3.63) is 60.2 Å². The highest BCUT2D eigenvalue weighted by molar-refractivity contribution is 6.10. The van der Waals surface area contributed by atoms with Crippen molar-refractivity contribution >= 4 is 23.4 Å². The van der Waals surface area contributed by atoms with Gasteiger partial charge in [-0.1, -0.05) is 12.1 Å². The fraction of sp³-hybridized carbons (Fsp3) is 0.190. The van der Waals surface area contributed by atoms with E-state index in [1.165, 1.54) is 15.8 Å². The molecule has 0 bridgehead atoms. The molecule has 10 heteroatoms. The maximum atomic E-state index is 12.9. The molecule has 0 aliphatic heterocycles. The number of phenols is 1. The van der Waals surface area contributed by atoms with Crippen LogP contribution in [-0.2, 0) is 7.05 Å². The first-order chi connectivity index (χ1) is 14.9. The molecule has 0 saturated carbocycles. The number of nitrogens with zero attached hydrogens (tertiary/aromatic N) is 6. The summed E-state index contributed by atoms with van der Waals surface area (Å²) in [5.74, 6) is 0.0283. The van der Waals surface area contributed by atoms with Gasteiger partial charge in [-0.2, -0.15) is 10.1 Å². The van der Waals surface area contributed by atoms with E-state index in [4.69, 9.17) is 0 Å². The lowest BCUT2D eigenvalue weighted by molar-refractivity contribution is 0.0796. The molecule has 0 aliphatic carbocycles. The van der Waals surface area contributed by atoms with Crippen molar-refractivity contribution in [2.24, 2.45) is 7.05 Å². The van der Waals surface area contributed by atoms with Crippen LogP contribution < -0.4 is 5.32 Å². The summed E-state index contributed by atoms with van der Waals surface area (Å²) in [5.41, 5.74) is 1.75. The van der Waals surface area contributed by atoms with Gasteiger partial charge in [-0.15, -0.1) is 0 Å². The van der Waals surface area contributed by atoms with Crippen LogP contribution in [0.1, 0.15) is 27.8 Å². The number of aromatic hydroxyl groups is 1. The Balaban J connectivity index is 1.62. The minimum Gasteiger partial charge on any atom is -0.508 e. The molecule has 4 rings (SSSR count). The van der Waals surface area contributed by atoms with Gasteiger partial charge in [-0.3, -0.25) is 18.7 Å². The molecular formula is C21H21N7O3. The number of aromatic nitrogens is 5. The van der Waals surface area contributed by atoms with Gasteiger partial charge in [0, 0.05) is 38.6 Å². The summed E-state index contributed by atoms with van der Waals surface area (Å²) in [4.78, 5) is 35.8. The Morgan fingerprint density at radius 2 is 2.03 bits per heavy atom. The Hall–Kier alpha value is -4.21. The fourth-order valence-corrected chi connectivity index (χ4v) is 3.13. The van der Waals surface area contributed by atoms with E-state index in [1.54, 1.807) is 55.2 Å². The first-order valence-corrected chi connectivity index (χ1v) is 9.61. The standard InChI is InChI=1S/C21H21N7O3/c1-4-26(2)20(31)15-11-22-27(3)18(15)19(30)24-17-8-9-28-12-16(23-21(28)25-17)13-6-5-7-14(29)10-13/h5-12,29H,4H2,1-3H3,(H,23,24,25,30). The molecule has 0 fully saturated rings. The van der Waals surface area contributed by atoms with Crippen LogP contribution in [0.4, 0.5) is 5.82 Å². The number of aryl methyl sites for hydroxylation is 1. The van der Waals surface area contributed by atoms with Gasteiger partial charge in [0.2, 0.25) is 5.78 Å². The average molecular weight is 419 g/mol. The lowest BCUT2D eigenvalue weighted by atomic mass is 10.2. The zero-order valence-electron chi connectivity index (χ0n) is 17.3. The Morgan fingerprint density at radius 3 is 2.77 bits per heavy atom. The largest absolute Gasteiger partial charge is 0.508 e. The number of fused-ring (bicyclic) bond motifs is 1. The van der Waals surface area contributed by atoms with Gasteiger partial charge in [0.15, 0.2) is 0 Å². The van der Waals surface area contributed by atoms with Crippen molar-refractivity contribution in [3.8, 4) is 17.0 Å². The zero-order valence-corrected chi connectivity index (χ0v) is 17.3. The molecule has 158 valence electrons. The van der Waals surface area contributed by atoms with Crippen LogP contribution >= 0.6 is 0 Å². The Bertz CT molecular complexity index is 1290. The molecule has 0 atom stereocenters. The van der Waals surface area contributed by atoms with E-state index < -0.39 is 5.91 Å². The predicted octanol–water partition coefficient (Wildman–Crippen LogP) is 2.18. The fourth-order valence-electron chi connectivity index (χ4n) is 3.13. The molecule has 1 aromatic carbocycles. The van der Waals surface area contributed by atoms with Crippen molar-refractivity contribution < 1.29 is 14.7 Å².